The molecule has 1 atom stereocenters. The van der Waals surface area contributed by atoms with E-state index < -0.39 is 0 Å². The zero-order valence-electron chi connectivity index (χ0n) is 11.4. The van der Waals surface area contributed by atoms with E-state index in [0.717, 1.165) is 43.6 Å². The Morgan fingerprint density at radius 2 is 2.11 bits per heavy atom. The van der Waals surface area contributed by atoms with Gasteiger partial charge in [0.2, 0.25) is 0 Å². The average molecular weight is 278 g/mol. The van der Waals surface area contributed by atoms with Crippen LogP contribution in [0.2, 0.25) is 0 Å². The number of piperidine rings is 1. The Hall–Kier alpha value is -0.870. The molecular weight excluding hydrogens is 256 g/mol. The van der Waals surface area contributed by atoms with Crippen LogP contribution in [0.15, 0.2) is 6.07 Å². The number of nitrogens with zero attached hydrogens (tertiary/aromatic N) is 1. The van der Waals surface area contributed by atoms with Crippen LogP contribution in [0.25, 0.3) is 0 Å². The largest absolute Gasteiger partial charge is 0.336 e. The highest BCUT2D eigenvalue weighted by Crippen LogP contribution is 2.30. The summed E-state index contributed by atoms with van der Waals surface area (Å²) in [5.74, 6) is 0.202. The van der Waals surface area contributed by atoms with E-state index in [1.165, 1.54) is 29.7 Å². The van der Waals surface area contributed by atoms with Crippen molar-refractivity contribution in [2.75, 3.05) is 13.1 Å². The van der Waals surface area contributed by atoms with Crippen LogP contribution in [0.5, 0.6) is 0 Å². The van der Waals surface area contributed by atoms with Gasteiger partial charge in [0.1, 0.15) is 0 Å². The van der Waals surface area contributed by atoms with Crippen molar-refractivity contribution in [3.63, 3.8) is 0 Å². The summed E-state index contributed by atoms with van der Waals surface area (Å²) in [5, 5.41) is 0. The standard InChI is InChI=1S/C15H22N2OS/c16-12-6-4-8-17(10-12)15(18)14-9-11-5-2-1-3-7-13(11)19-14/h9,12H,1-8,10,16H2. The quantitative estimate of drug-likeness (QED) is 0.803. The van der Waals surface area contributed by atoms with E-state index >= 15 is 0 Å². The van der Waals surface area contributed by atoms with Crippen molar-refractivity contribution in [2.24, 2.45) is 5.73 Å². The van der Waals surface area contributed by atoms with Gasteiger partial charge < -0.3 is 10.6 Å². The van der Waals surface area contributed by atoms with Crippen molar-refractivity contribution < 1.29 is 4.79 Å². The number of fused-ring (bicyclic) bond motifs is 1. The van der Waals surface area contributed by atoms with E-state index in [-0.39, 0.29) is 11.9 Å². The molecule has 3 nitrogen and oxygen atoms in total. The van der Waals surface area contributed by atoms with Crippen LogP contribution in [0.4, 0.5) is 0 Å². The molecule has 1 saturated heterocycles. The first kappa shape index (κ1) is 13.1. The number of thiophene rings is 1. The second kappa shape index (κ2) is 5.63. The van der Waals surface area contributed by atoms with Crippen molar-refractivity contribution in [2.45, 2.75) is 51.0 Å². The molecule has 1 amide bonds. The molecule has 1 fully saturated rings. The van der Waals surface area contributed by atoms with Gasteiger partial charge in [0.15, 0.2) is 0 Å². The topological polar surface area (TPSA) is 46.3 Å². The minimum absolute atomic E-state index is 0.162. The van der Waals surface area contributed by atoms with Crippen LogP contribution in [-0.4, -0.2) is 29.9 Å². The Labute approximate surface area is 118 Å². The van der Waals surface area contributed by atoms with E-state index in [1.54, 1.807) is 11.3 Å². The molecule has 0 radical (unpaired) electrons. The molecule has 3 rings (SSSR count). The molecule has 0 bridgehead atoms. The number of carbonyl (C=O) groups excluding carboxylic acids is 1. The number of hydrogen-bond donors (Lipinski definition) is 1. The molecule has 1 aliphatic carbocycles. The van der Waals surface area contributed by atoms with Crippen molar-refractivity contribution in [3.05, 3.63) is 21.4 Å². The molecule has 1 aromatic heterocycles. The fraction of sp³-hybridized carbons (Fsp3) is 0.667. The van der Waals surface area contributed by atoms with Gasteiger partial charge in [-0.2, -0.15) is 0 Å². The van der Waals surface area contributed by atoms with Crippen LogP contribution in [0.3, 0.4) is 0 Å². The second-order valence-electron chi connectivity index (χ2n) is 5.77. The summed E-state index contributed by atoms with van der Waals surface area (Å²) < 4.78 is 0. The van der Waals surface area contributed by atoms with Gasteiger partial charge in [-0.25, -0.2) is 0 Å². The molecule has 4 heteroatoms. The molecule has 1 aliphatic heterocycles. The first-order valence-corrected chi connectivity index (χ1v) is 8.22. The lowest BCUT2D eigenvalue weighted by molar-refractivity contribution is 0.0713. The van der Waals surface area contributed by atoms with E-state index in [1.807, 2.05) is 4.90 Å². The second-order valence-corrected chi connectivity index (χ2v) is 6.91. The molecule has 0 spiro atoms. The SMILES string of the molecule is NC1CCCN(C(=O)c2cc3c(s2)CCCCC3)C1. The van der Waals surface area contributed by atoms with Gasteiger partial charge in [-0.15, -0.1) is 11.3 Å². The van der Waals surface area contributed by atoms with Crippen LogP contribution in [-0.2, 0) is 12.8 Å². The number of likely N-dealkylation sites (tertiary alicyclic amines) is 1. The van der Waals surface area contributed by atoms with Crippen molar-refractivity contribution in [3.8, 4) is 0 Å². The Morgan fingerprint density at radius 3 is 2.95 bits per heavy atom. The van der Waals surface area contributed by atoms with E-state index in [2.05, 4.69) is 6.07 Å². The van der Waals surface area contributed by atoms with Crippen molar-refractivity contribution in [1.82, 2.24) is 4.90 Å². The number of nitrogens with two attached hydrogens (primary N) is 1. The van der Waals surface area contributed by atoms with Crippen molar-refractivity contribution in [1.29, 1.82) is 0 Å². The van der Waals surface area contributed by atoms with Crippen molar-refractivity contribution >= 4 is 17.2 Å². The summed E-state index contributed by atoms with van der Waals surface area (Å²) in [7, 11) is 0. The minimum Gasteiger partial charge on any atom is -0.336 e. The zero-order valence-corrected chi connectivity index (χ0v) is 12.2. The zero-order chi connectivity index (χ0) is 13.2. The van der Waals surface area contributed by atoms with E-state index in [0.29, 0.717) is 0 Å². The summed E-state index contributed by atoms with van der Waals surface area (Å²) in [6.45, 7) is 1.59. The lowest BCUT2D eigenvalue weighted by Gasteiger charge is -2.30. The van der Waals surface area contributed by atoms with Gasteiger partial charge >= 0.3 is 0 Å². The Bertz CT molecular complexity index is 445. The Balaban J connectivity index is 1.76. The predicted molar refractivity (Wildman–Crippen MR) is 78.7 cm³/mol. The molecule has 1 aromatic rings. The molecule has 2 aliphatic rings. The van der Waals surface area contributed by atoms with Gasteiger partial charge in [-0.1, -0.05) is 6.42 Å². The van der Waals surface area contributed by atoms with E-state index in [4.69, 9.17) is 5.73 Å². The van der Waals surface area contributed by atoms with Crippen LogP contribution >= 0.6 is 11.3 Å². The Morgan fingerprint density at radius 1 is 1.26 bits per heavy atom. The summed E-state index contributed by atoms with van der Waals surface area (Å²) >= 11 is 1.72. The summed E-state index contributed by atoms with van der Waals surface area (Å²) in [6.07, 6.45) is 8.27. The summed E-state index contributed by atoms with van der Waals surface area (Å²) in [4.78, 5) is 16.9. The Kier molecular flexibility index (Phi) is 3.89. The number of carbonyl (C=O) groups is 1. The fourth-order valence-electron chi connectivity index (χ4n) is 3.12. The molecule has 2 heterocycles. The lowest BCUT2D eigenvalue weighted by Crippen LogP contribution is -2.45. The highest BCUT2D eigenvalue weighted by atomic mass is 32.1. The minimum atomic E-state index is 0.162. The van der Waals surface area contributed by atoms with Crippen LogP contribution < -0.4 is 5.73 Å². The first-order chi connectivity index (χ1) is 9.24. The number of amides is 1. The van der Waals surface area contributed by atoms with Crippen LogP contribution in [0.1, 0.15) is 52.2 Å². The normalized spacial score (nSPS) is 23.8. The highest BCUT2D eigenvalue weighted by molar-refractivity contribution is 7.14. The highest BCUT2D eigenvalue weighted by Gasteiger charge is 2.24. The van der Waals surface area contributed by atoms with Gasteiger partial charge in [-0.05, 0) is 50.2 Å². The maximum atomic E-state index is 12.5. The third-order valence-electron chi connectivity index (χ3n) is 4.20. The maximum Gasteiger partial charge on any atom is 0.263 e. The molecule has 2 N–H and O–H groups in total. The number of aryl methyl sites for hydroxylation is 2. The first-order valence-electron chi connectivity index (χ1n) is 7.40. The smallest absolute Gasteiger partial charge is 0.263 e. The summed E-state index contributed by atoms with van der Waals surface area (Å²) in [5.41, 5.74) is 7.39. The molecule has 0 saturated carbocycles. The molecular formula is C15H22N2OS. The van der Waals surface area contributed by atoms with Crippen LogP contribution in [0, 0.1) is 0 Å². The molecule has 0 aromatic carbocycles. The average Bonchev–Trinajstić information content (AvgIpc) is 2.69. The monoisotopic (exact) mass is 278 g/mol. The number of rotatable bonds is 1. The van der Waals surface area contributed by atoms with Gasteiger partial charge in [0, 0.05) is 24.0 Å². The maximum absolute atomic E-state index is 12.5. The predicted octanol–water partition coefficient (Wildman–Crippen LogP) is 2.58. The van der Waals surface area contributed by atoms with Gasteiger partial charge in [0.05, 0.1) is 4.88 Å². The van der Waals surface area contributed by atoms with Gasteiger partial charge in [-0.3, -0.25) is 4.79 Å². The van der Waals surface area contributed by atoms with E-state index in [9.17, 15) is 4.79 Å². The third-order valence-corrected chi connectivity index (χ3v) is 5.43. The lowest BCUT2D eigenvalue weighted by atomic mass is 10.1. The molecule has 19 heavy (non-hydrogen) atoms. The number of hydrogen-bond acceptors (Lipinski definition) is 3. The van der Waals surface area contributed by atoms with Gasteiger partial charge in [0.25, 0.3) is 5.91 Å². The third kappa shape index (κ3) is 2.84. The fourth-order valence-corrected chi connectivity index (χ4v) is 4.34. The molecule has 104 valence electrons. The molecule has 1 unspecified atom stereocenters. The summed E-state index contributed by atoms with van der Waals surface area (Å²) in [6, 6.07) is 2.31.